The van der Waals surface area contributed by atoms with Gasteiger partial charge in [0.25, 0.3) is 5.91 Å². The molecule has 1 fully saturated rings. The number of carbonyl (C=O) groups is 2. The summed E-state index contributed by atoms with van der Waals surface area (Å²) in [4.78, 5) is 26.1. The molecule has 126 valence electrons. The molecular weight excluding hydrogens is 294 g/mol. The highest BCUT2D eigenvalue weighted by molar-refractivity contribution is 5.91. The zero-order chi connectivity index (χ0) is 16.5. The molecule has 0 unspecified atom stereocenters. The van der Waals surface area contributed by atoms with Crippen LogP contribution in [0.3, 0.4) is 0 Å². The number of methoxy groups -OCH3 is 1. The quantitative estimate of drug-likeness (QED) is 0.783. The molecule has 1 heterocycles. The third-order valence-electron chi connectivity index (χ3n) is 4.01. The average Bonchev–Trinajstić information content (AvgIpc) is 2.52. The van der Waals surface area contributed by atoms with Gasteiger partial charge >= 0.3 is 5.97 Å². The molecule has 23 heavy (non-hydrogen) atoms. The Morgan fingerprint density at radius 1 is 1.09 bits per heavy atom. The fraction of sp³-hybridized carbons (Fsp3) is 0.556. The minimum Gasteiger partial charge on any atom is -0.452 e. The second-order valence-electron chi connectivity index (χ2n) is 5.86. The smallest absolute Gasteiger partial charge is 0.338 e. The van der Waals surface area contributed by atoms with Gasteiger partial charge in [0.2, 0.25) is 0 Å². The molecule has 0 spiro atoms. The third kappa shape index (κ3) is 5.67. The van der Waals surface area contributed by atoms with Crippen molar-refractivity contribution in [1.82, 2.24) is 4.90 Å². The van der Waals surface area contributed by atoms with Crippen LogP contribution < -0.4 is 0 Å². The van der Waals surface area contributed by atoms with Crippen LogP contribution in [-0.4, -0.2) is 43.6 Å². The largest absolute Gasteiger partial charge is 0.452 e. The zero-order valence-corrected chi connectivity index (χ0v) is 13.8. The van der Waals surface area contributed by atoms with Crippen molar-refractivity contribution in [3.05, 3.63) is 35.4 Å². The Labute approximate surface area is 137 Å². The monoisotopic (exact) mass is 319 g/mol. The summed E-state index contributed by atoms with van der Waals surface area (Å²) < 4.78 is 10.2. The van der Waals surface area contributed by atoms with Gasteiger partial charge in [-0.15, -0.1) is 0 Å². The highest BCUT2D eigenvalue weighted by atomic mass is 16.5. The van der Waals surface area contributed by atoms with Crippen LogP contribution in [0, 0.1) is 0 Å². The van der Waals surface area contributed by atoms with Crippen molar-refractivity contribution >= 4 is 11.9 Å². The lowest BCUT2D eigenvalue weighted by molar-refractivity contribution is -0.134. The van der Waals surface area contributed by atoms with Crippen molar-refractivity contribution in [2.45, 2.75) is 38.7 Å². The van der Waals surface area contributed by atoms with Gasteiger partial charge in [-0.25, -0.2) is 4.79 Å². The van der Waals surface area contributed by atoms with E-state index in [1.54, 1.807) is 25.3 Å². The molecule has 1 aromatic carbocycles. The van der Waals surface area contributed by atoms with Crippen LogP contribution in [0.1, 0.15) is 48.0 Å². The Hall–Kier alpha value is -1.88. The molecule has 5 heteroatoms. The number of nitrogens with zero attached hydrogens (tertiary/aromatic N) is 1. The van der Waals surface area contributed by atoms with Gasteiger partial charge in [0.15, 0.2) is 6.61 Å². The number of rotatable bonds is 5. The van der Waals surface area contributed by atoms with Crippen LogP contribution in [0.4, 0.5) is 0 Å². The molecule has 0 aliphatic carbocycles. The summed E-state index contributed by atoms with van der Waals surface area (Å²) in [6, 6.07) is 7.07. The maximum absolute atomic E-state index is 12.2. The maximum atomic E-state index is 12.2. The minimum absolute atomic E-state index is 0.103. The van der Waals surface area contributed by atoms with E-state index >= 15 is 0 Å². The number of benzene rings is 1. The van der Waals surface area contributed by atoms with Gasteiger partial charge in [-0.2, -0.15) is 0 Å². The van der Waals surface area contributed by atoms with Gasteiger partial charge in [0.1, 0.15) is 0 Å². The van der Waals surface area contributed by atoms with E-state index in [0.717, 1.165) is 44.3 Å². The molecule has 2 rings (SSSR count). The lowest BCUT2D eigenvalue weighted by Gasteiger charge is -2.24. The van der Waals surface area contributed by atoms with Crippen molar-refractivity contribution < 1.29 is 19.1 Å². The van der Waals surface area contributed by atoms with Crippen molar-refractivity contribution in [2.24, 2.45) is 0 Å². The molecule has 0 radical (unpaired) electrons. The Morgan fingerprint density at radius 3 is 2.48 bits per heavy atom. The van der Waals surface area contributed by atoms with E-state index in [1.165, 1.54) is 6.42 Å². The Bertz CT molecular complexity index is 522. The SMILES string of the molecule is COCc1cccc(C(=O)OCC(=O)N2CCCCCCC2)c1. The molecule has 0 aromatic heterocycles. The van der Waals surface area contributed by atoms with Crippen molar-refractivity contribution in [3.8, 4) is 0 Å². The fourth-order valence-electron chi connectivity index (χ4n) is 2.75. The summed E-state index contributed by atoms with van der Waals surface area (Å²) in [5, 5.41) is 0. The van der Waals surface area contributed by atoms with Crippen LogP contribution in [0.15, 0.2) is 24.3 Å². The van der Waals surface area contributed by atoms with Gasteiger partial charge in [0, 0.05) is 20.2 Å². The summed E-state index contributed by atoms with van der Waals surface area (Å²) in [7, 11) is 1.60. The van der Waals surface area contributed by atoms with Gasteiger partial charge in [0.05, 0.1) is 12.2 Å². The van der Waals surface area contributed by atoms with Crippen LogP contribution in [-0.2, 0) is 20.9 Å². The predicted octanol–water partition coefficient (Wildman–Crippen LogP) is 2.78. The van der Waals surface area contributed by atoms with Gasteiger partial charge < -0.3 is 14.4 Å². The van der Waals surface area contributed by atoms with E-state index in [0.29, 0.717) is 12.2 Å². The summed E-state index contributed by atoms with van der Waals surface area (Å²) in [6.07, 6.45) is 5.62. The van der Waals surface area contributed by atoms with E-state index in [4.69, 9.17) is 9.47 Å². The first-order valence-corrected chi connectivity index (χ1v) is 8.23. The average molecular weight is 319 g/mol. The molecule has 1 saturated heterocycles. The Kier molecular flexibility index (Phi) is 7.07. The van der Waals surface area contributed by atoms with E-state index in [1.807, 2.05) is 11.0 Å². The van der Waals surface area contributed by atoms with E-state index in [-0.39, 0.29) is 12.5 Å². The molecule has 1 aliphatic rings. The van der Waals surface area contributed by atoms with Crippen LogP contribution in [0.2, 0.25) is 0 Å². The number of amides is 1. The summed E-state index contributed by atoms with van der Waals surface area (Å²) in [5.74, 6) is -0.573. The molecule has 5 nitrogen and oxygen atoms in total. The highest BCUT2D eigenvalue weighted by Gasteiger charge is 2.17. The van der Waals surface area contributed by atoms with E-state index < -0.39 is 5.97 Å². The fourth-order valence-corrected chi connectivity index (χ4v) is 2.75. The van der Waals surface area contributed by atoms with E-state index in [9.17, 15) is 9.59 Å². The standard InChI is InChI=1S/C18H25NO4/c1-22-13-15-8-7-9-16(12-15)18(21)23-14-17(20)19-10-5-3-2-4-6-11-19/h7-9,12H,2-6,10-11,13-14H2,1H3. The van der Waals surface area contributed by atoms with Gasteiger partial charge in [-0.3, -0.25) is 4.79 Å². The second kappa shape index (κ2) is 9.30. The number of carbonyl (C=O) groups excluding carboxylic acids is 2. The van der Waals surface area contributed by atoms with Crippen LogP contribution in [0.5, 0.6) is 0 Å². The zero-order valence-electron chi connectivity index (χ0n) is 13.8. The number of ether oxygens (including phenoxy) is 2. The lowest BCUT2D eigenvalue weighted by atomic mass is 10.1. The number of hydrogen-bond donors (Lipinski definition) is 0. The first kappa shape index (κ1) is 17.5. The molecule has 0 bridgehead atoms. The first-order chi connectivity index (χ1) is 11.2. The number of hydrogen-bond acceptors (Lipinski definition) is 4. The molecule has 0 N–H and O–H groups in total. The van der Waals surface area contributed by atoms with Crippen molar-refractivity contribution in [1.29, 1.82) is 0 Å². The Balaban J connectivity index is 1.85. The number of esters is 1. The molecule has 1 aliphatic heterocycles. The molecule has 0 atom stereocenters. The second-order valence-corrected chi connectivity index (χ2v) is 5.86. The summed E-state index contributed by atoms with van der Waals surface area (Å²) in [6.45, 7) is 1.78. The van der Waals surface area contributed by atoms with E-state index in [2.05, 4.69) is 0 Å². The van der Waals surface area contributed by atoms with Crippen LogP contribution in [0.25, 0.3) is 0 Å². The lowest BCUT2D eigenvalue weighted by Crippen LogP contribution is -2.36. The minimum atomic E-state index is -0.469. The normalized spacial score (nSPS) is 15.6. The molecule has 1 amide bonds. The molecule has 0 saturated carbocycles. The maximum Gasteiger partial charge on any atom is 0.338 e. The highest BCUT2D eigenvalue weighted by Crippen LogP contribution is 2.11. The van der Waals surface area contributed by atoms with Crippen molar-refractivity contribution in [2.75, 3.05) is 26.8 Å². The van der Waals surface area contributed by atoms with Gasteiger partial charge in [-0.05, 0) is 30.5 Å². The van der Waals surface area contributed by atoms with Crippen LogP contribution >= 0.6 is 0 Å². The van der Waals surface area contributed by atoms with Crippen molar-refractivity contribution in [3.63, 3.8) is 0 Å². The molecular formula is C18H25NO4. The Morgan fingerprint density at radius 2 is 1.78 bits per heavy atom. The third-order valence-corrected chi connectivity index (χ3v) is 4.01. The topological polar surface area (TPSA) is 55.8 Å². The predicted molar refractivity (Wildman–Crippen MR) is 87.1 cm³/mol. The first-order valence-electron chi connectivity index (χ1n) is 8.23. The van der Waals surface area contributed by atoms with Gasteiger partial charge in [-0.1, -0.05) is 31.4 Å². The summed E-state index contributed by atoms with van der Waals surface area (Å²) in [5.41, 5.74) is 1.34. The summed E-state index contributed by atoms with van der Waals surface area (Å²) >= 11 is 0. The number of likely N-dealkylation sites (tertiary alicyclic amines) is 1. The molecule has 1 aromatic rings.